The standard InChI is InChI=1S/C7H12N2O3/c1-2-8-6(10)5-3-9(4-5)7(11)12/h5H,2-4H2,1H3,(H,8,10)(H,11,12). The van der Waals surface area contributed by atoms with Crippen LogP contribution in [0.2, 0.25) is 0 Å². The van der Waals surface area contributed by atoms with Gasteiger partial charge in [0.05, 0.1) is 5.92 Å². The topological polar surface area (TPSA) is 69.6 Å². The largest absolute Gasteiger partial charge is 0.465 e. The van der Waals surface area contributed by atoms with E-state index in [0.29, 0.717) is 19.6 Å². The van der Waals surface area contributed by atoms with Crippen LogP contribution in [0.5, 0.6) is 0 Å². The van der Waals surface area contributed by atoms with E-state index in [1.807, 2.05) is 6.92 Å². The Morgan fingerprint density at radius 3 is 2.58 bits per heavy atom. The third-order valence-electron chi connectivity index (χ3n) is 1.87. The molecule has 0 spiro atoms. The van der Waals surface area contributed by atoms with E-state index in [4.69, 9.17) is 5.11 Å². The third-order valence-corrected chi connectivity index (χ3v) is 1.87. The van der Waals surface area contributed by atoms with Gasteiger partial charge in [-0.2, -0.15) is 0 Å². The number of hydrogen-bond acceptors (Lipinski definition) is 2. The first kappa shape index (κ1) is 8.83. The van der Waals surface area contributed by atoms with Crippen LogP contribution >= 0.6 is 0 Å². The van der Waals surface area contributed by atoms with E-state index in [0.717, 1.165) is 0 Å². The fourth-order valence-corrected chi connectivity index (χ4v) is 1.12. The van der Waals surface area contributed by atoms with Gasteiger partial charge in [0.1, 0.15) is 0 Å². The molecule has 0 atom stereocenters. The van der Waals surface area contributed by atoms with Crippen molar-refractivity contribution in [3.05, 3.63) is 0 Å². The molecule has 0 aliphatic carbocycles. The molecule has 68 valence electrons. The van der Waals surface area contributed by atoms with E-state index >= 15 is 0 Å². The maximum Gasteiger partial charge on any atom is 0.407 e. The van der Waals surface area contributed by atoms with Gasteiger partial charge in [0.2, 0.25) is 5.91 Å². The Morgan fingerprint density at radius 2 is 2.17 bits per heavy atom. The molecule has 1 fully saturated rings. The summed E-state index contributed by atoms with van der Waals surface area (Å²) in [6, 6.07) is 0. The number of nitrogens with one attached hydrogen (secondary N) is 1. The van der Waals surface area contributed by atoms with E-state index in [2.05, 4.69) is 5.32 Å². The van der Waals surface area contributed by atoms with Crippen molar-refractivity contribution in [1.82, 2.24) is 10.2 Å². The smallest absolute Gasteiger partial charge is 0.407 e. The molecule has 0 unspecified atom stereocenters. The summed E-state index contributed by atoms with van der Waals surface area (Å²) in [5.41, 5.74) is 0. The highest BCUT2D eigenvalue weighted by Gasteiger charge is 2.35. The Bertz CT molecular complexity index is 199. The fourth-order valence-electron chi connectivity index (χ4n) is 1.12. The first-order valence-electron chi connectivity index (χ1n) is 3.90. The maximum absolute atomic E-state index is 11.1. The number of likely N-dealkylation sites (tertiary alicyclic amines) is 1. The van der Waals surface area contributed by atoms with Gasteiger partial charge < -0.3 is 15.3 Å². The Morgan fingerprint density at radius 1 is 1.58 bits per heavy atom. The Balaban J connectivity index is 2.25. The maximum atomic E-state index is 11.1. The van der Waals surface area contributed by atoms with Gasteiger partial charge >= 0.3 is 6.09 Å². The minimum atomic E-state index is -0.949. The van der Waals surface area contributed by atoms with Crippen LogP contribution in [-0.2, 0) is 4.79 Å². The molecule has 5 nitrogen and oxygen atoms in total. The van der Waals surface area contributed by atoms with Crippen LogP contribution in [0.15, 0.2) is 0 Å². The molecule has 5 heteroatoms. The van der Waals surface area contributed by atoms with Gasteiger partial charge in [0, 0.05) is 19.6 Å². The van der Waals surface area contributed by atoms with Crippen LogP contribution in [0.4, 0.5) is 4.79 Å². The lowest BCUT2D eigenvalue weighted by Gasteiger charge is -2.35. The van der Waals surface area contributed by atoms with Crippen molar-refractivity contribution in [3.63, 3.8) is 0 Å². The molecule has 0 bridgehead atoms. The van der Waals surface area contributed by atoms with E-state index in [1.165, 1.54) is 4.90 Å². The van der Waals surface area contributed by atoms with E-state index in [1.54, 1.807) is 0 Å². The van der Waals surface area contributed by atoms with E-state index < -0.39 is 6.09 Å². The van der Waals surface area contributed by atoms with Crippen molar-refractivity contribution in [2.75, 3.05) is 19.6 Å². The predicted octanol–water partition coefficient (Wildman–Crippen LogP) is -0.268. The molecule has 0 aromatic carbocycles. The molecule has 1 saturated heterocycles. The molecule has 1 aliphatic rings. The molecule has 2 N–H and O–H groups in total. The molecular formula is C7H12N2O3. The quantitative estimate of drug-likeness (QED) is 0.602. The molecule has 0 aromatic heterocycles. The first-order chi connectivity index (χ1) is 5.65. The van der Waals surface area contributed by atoms with Gasteiger partial charge in [0.25, 0.3) is 0 Å². The number of carbonyl (C=O) groups is 2. The number of carbonyl (C=O) groups excluding carboxylic acids is 1. The molecule has 2 amide bonds. The highest BCUT2D eigenvalue weighted by molar-refractivity contribution is 5.82. The summed E-state index contributed by atoms with van der Waals surface area (Å²) in [5, 5.41) is 11.1. The summed E-state index contributed by atoms with van der Waals surface area (Å²) >= 11 is 0. The number of nitrogens with zero attached hydrogens (tertiary/aromatic N) is 1. The minimum Gasteiger partial charge on any atom is -0.465 e. The number of rotatable bonds is 2. The van der Waals surface area contributed by atoms with Gasteiger partial charge in [-0.3, -0.25) is 4.79 Å². The highest BCUT2D eigenvalue weighted by atomic mass is 16.4. The molecule has 1 rings (SSSR count). The number of hydrogen-bond donors (Lipinski definition) is 2. The molecule has 0 saturated carbocycles. The third kappa shape index (κ3) is 1.66. The summed E-state index contributed by atoms with van der Waals surface area (Å²) in [7, 11) is 0. The zero-order valence-corrected chi connectivity index (χ0v) is 6.91. The SMILES string of the molecule is CCNC(=O)C1CN(C(=O)O)C1. The van der Waals surface area contributed by atoms with Crippen LogP contribution in [-0.4, -0.2) is 41.6 Å². The van der Waals surface area contributed by atoms with Gasteiger partial charge in [0.15, 0.2) is 0 Å². The second kappa shape index (κ2) is 3.42. The zero-order chi connectivity index (χ0) is 9.14. The zero-order valence-electron chi connectivity index (χ0n) is 6.91. The van der Waals surface area contributed by atoms with Crippen molar-refractivity contribution >= 4 is 12.0 Å². The molecule has 12 heavy (non-hydrogen) atoms. The Labute approximate surface area is 70.4 Å². The molecule has 1 heterocycles. The van der Waals surface area contributed by atoms with E-state index in [-0.39, 0.29) is 11.8 Å². The summed E-state index contributed by atoms with van der Waals surface area (Å²) in [6.45, 7) is 3.11. The van der Waals surface area contributed by atoms with Crippen LogP contribution in [0.3, 0.4) is 0 Å². The van der Waals surface area contributed by atoms with Crippen molar-refractivity contribution in [1.29, 1.82) is 0 Å². The lowest BCUT2D eigenvalue weighted by molar-refractivity contribution is -0.129. The second-order valence-corrected chi connectivity index (χ2v) is 2.78. The molecule has 0 radical (unpaired) electrons. The molecular weight excluding hydrogens is 160 g/mol. The normalized spacial score (nSPS) is 16.9. The summed E-state index contributed by atoms with van der Waals surface area (Å²) < 4.78 is 0. The predicted molar refractivity (Wildman–Crippen MR) is 41.8 cm³/mol. The fraction of sp³-hybridized carbons (Fsp3) is 0.714. The summed E-state index contributed by atoms with van der Waals surface area (Å²) in [5.74, 6) is -0.184. The number of carboxylic acid groups (broad SMARTS) is 1. The van der Waals surface area contributed by atoms with Crippen LogP contribution in [0, 0.1) is 5.92 Å². The lowest BCUT2D eigenvalue weighted by atomic mass is 10.0. The van der Waals surface area contributed by atoms with Gasteiger partial charge in [-0.15, -0.1) is 0 Å². The second-order valence-electron chi connectivity index (χ2n) is 2.78. The van der Waals surface area contributed by atoms with Crippen molar-refractivity contribution in [3.8, 4) is 0 Å². The highest BCUT2D eigenvalue weighted by Crippen LogP contribution is 2.14. The molecule has 0 aromatic rings. The number of amides is 2. The minimum absolute atomic E-state index is 0.0463. The van der Waals surface area contributed by atoms with Gasteiger partial charge in [-0.25, -0.2) is 4.79 Å². The van der Waals surface area contributed by atoms with Crippen LogP contribution < -0.4 is 5.32 Å². The van der Waals surface area contributed by atoms with E-state index in [9.17, 15) is 9.59 Å². The lowest BCUT2D eigenvalue weighted by Crippen LogP contribution is -2.55. The molecule has 1 aliphatic heterocycles. The first-order valence-corrected chi connectivity index (χ1v) is 3.90. The monoisotopic (exact) mass is 172 g/mol. The average molecular weight is 172 g/mol. The van der Waals surface area contributed by atoms with Crippen molar-refractivity contribution in [2.45, 2.75) is 6.92 Å². The Kier molecular flexibility index (Phi) is 2.52. The Hall–Kier alpha value is -1.26. The van der Waals surface area contributed by atoms with Crippen LogP contribution in [0.1, 0.15) is 6.92 Å². The van der Waals surface area contributed by atoms with Crippen molar-refractivity contribution < 1.29 is 14.7 Å². The summed E-state index contributed by atoms with van der Waals surface area (Å²) in [4.78, 5) is 22.6. The van der Waals surface area contributed by atoms with Gasteiger partial charge in [-0.05, 0) is 6.92 Å². The summed E-state index contributed by atoms with van der Waals surface area (Å²) in [6.07, 6.45) is -0.949. The van der Waals surface area contributed by atoms with Crippen LogP contribution in [0.25, 0.3) is 0 Å². The van der Waals surface area contributed by atoms with Gasteiger partial charge in [-0.1, -0.05) is 0 Å². The average Bonchev–Trinajstić information content (AvgIpc) is 1.82. The van der Waals surface area contributed by atoms with Crippen molar-refractivity contribution in [2.24, 2.45) is 5.92 Å².